The monoisotopic (exact) mass is 245 g/mol. The average Bonchev–Trinajstić information content (AvgIpc) is 2.82. The highest BCUT2D eigenvalue weighted by Gasteiger charge is 2.23. The predicted octanol–water partition coefficient (Wildman–Crippen LogP) is 3.78. The average molecular weight is 245 g/mol. The van der Waals surface area contributed by atoms with Gasteiger partial charge < -0.3 is 9.78 Å². The van der Waals surface area contributed by atoms with Crippen LogP contribution in [0.15, 0.2) is 24.4 Å². The summed E-state index contributed by atoms with van der Waals surface area (Å²) < 4.78 is 13.3. The van der Waals surface area contributed by atoms with Crippen LogP contribution in [0, 0.1) is 11.7 Å². The van der Waals surface area contributed by atoms with Gasteiger partial charge in [0, 0.05) is 23.0 Å². The fourth-order valence-electron chi connectivity index (χ4n) is 3.02. The molecule has 3 heteroatoms. The third-order valence-corrected chi connectivity index (χ3v) is 4.08. The van der Waals surface area contributed by atoms with Crippen molar-refractivity contribution in [3.63, 3.8) is 0 Å². The minimum atomic E-state index is -0.190. The van der Waals surface area contributed by atoms with Gasteiger partial charge in [0.05, 0.1) is 0 Å². The highest BCUT2D eigenvalue weighted by atomic mass is 19.1. The van der Waals surface area contributed by atoms with Gasteiger partial charge >= 0.3 is 0 Å². The topological polar surface area (TPSA) is 32.9 Å². The third-order valence-electron chi connectivity index (χ3n) is 4.08. The van der Waals surface area contributed by atoms with Gasteiger partial charge in [-0.1, -0.05) is 0 Å². The van der Waals surface area contributed by atoms with E-state index in [1.165, 1.54) is 11.6 Å². The van der Waals surface area contributed by atoms with E-state index < -0.39 is 0 Å². The fraction of sp³-hybridized carbons (Fsp3) is 0.400. The first-order valence-corrected chi connectivity index (χ1v) is 6.50. The van der Waals surface area contributed by atoms with E-state index in [0.29, 0.717) is 5.92 Å². The summed E-state index contributed by atoms with van der Waals surface area (Å²) >= 11 is 0. The number of rotatable bonds is 2. The van der Waals surface area contributed by atoms with Crippen molar-refractivity contribution in [3.05, 3.63) is 35.8 Å². The van der Waals surface area contributed by atoms with Crippen LogP contribution in [-0.2, 0) is 4.79 Å². The van der Waals surface area contributed by atoms with Crippen LogP contribution in [0.5, 0.6) is 0 Å². The van der Waals surface area contributed by atoms with Gasteiger partial charge in [0.2, 0.25) is 0 Å². The molecule has 2 aromatic rings. The number of benzene rings is 1. The highest BCUT2D eigenvalue weighted by Crippen LogP contribution is 2.38. The van der Waals surface area contributed by atoms with Gasteiger partial charge in [0.1, 0.15) is 12.1 Å². The summed E-state index contributed by atoms with van der Waals surface area (Å²) in [5, 5.41) is 0.990. The molecule has 0 unspecified atom stereocenters. The van der Waals surface area contributed by atoms with Gasteiger partial charge in [-0.05, 0) is 55.4 Å². The molecule has 1 aromatic carbocycles. The van der Waals surface area contributed by atoms with E-state index >= 15 is 0 Å². The van der Waals surface area contributed by atoms with Crippen molar-refractivity contribution in [2.24, 2.45) is 5.92 Å². The van der Waals surface area contributed by atoms with Crippen LogP contribution < -0.4 is 0 Å². The number of carbonyl (C=O) groups excluding carboxylic acids is 1. The van der Waals surface area contributed by atoms with Crippen LogP contribution in [-0.4, -0.2) is 11.3 Å². The van der Waals surface area contributed by atoms with Gasteiger partial charge in [-0.25, -0.2) is 4.39 Å². The second kappa shape index (κ2) is 4.56. The Balaban J connectivity index is 1.90. The molecule has 1 aromatic heterocycles. The van der Waals surface area contributed by atoms with E-state index in [0.717, 1.165) is 42.9 Å². The maximum Gasteiger partial charge on any atom is 0.123 e. The molecule has 0 saturated heterocycles. The molecule has 1 heterocycles. The van der Waals surface area contributed by atoms with Crippen LogP contribution in [0.3, 0.4) is 0 Å². The molecule has 1 aliphatic rings. The Morgan fingerprint density at radius 2 is 2.00 bits per heavy atom. The van der Waals surface area contributed by atoms with E-state index in [9.17, 15) is 9.18 Å². The molecule has 94 valence electrons. The minimum absolute atomic E-state index is 0.190. The largest absolute Gasteiger partial charge is 0.361 e. The fourth-order valence-corrected chi connectivity index (χ4v) is 3.02. The molecule has 0 aliphatic heterocycles. The molecular weight excluding hydrogens is 229 g/mol. The lowest BCUT2D eigenvalue weighted by Gasteiger charge is -2.25. The summed E-state index contributed by atoms with van der Waals surface area (Å²) in [4.78, 5) is 14.0. The lowest BCUT2D eigenvalue weighted by molar-refractivity contribution is -0.111. The third kappa shape index (κ3) is 1.94. The first-order valence-electron chi connectivity index (χ1n) is 6.50. The number of halogens is 1. The van der Waals surface area contributed by atoms with Gasteiger partial charge in [-0.2, -0.15) is 0 Å². The number of aromatic nitrogens is 1. The number of aromatic amines is 1. The SMILES string of the molecule is O=CC1CCC(c2c[nH]c3ccc(F)cc23)CC1. The number of hydrogen-bond acceptors (Lipinski definition) is 1. The summed E-state index contributed by atoms with van der Waals surface area (Å²) in [5.74, 6) is 0.491. The van der Waals surface area contributed by atoms with E-state index in [4.69, 9.17) is 0 Å². The lowest BCUT2D eigenvalue weighted by Crippen LogP contribution is -2.13. The summed E-state index contributed by atoms with van der Waals surface area (Å²) in [7, 11) is 0. The van der Waals surface area contributed by atoms with Gasteiger partial charge in [0.25, 0.3) is 0 Å². The Hall–Kier alpha value is -1.64. The molecule has 0 atom stereocenters. The number of carbonyl (C=O) groups is 1. The first kappa shape index (κ1) is 11.5. The molecule has 1 saturated carbocycles. The van der Waals surface area contributed by atoms with Crippen LogP contribution >= 0.6 is 0 Å². The zero-order chi connectivity index (χ0) is 12.5. The summed E-state index contributed by atoms with van der Waals surface area (Å²) in [6.45, 7) is 0. The Bertz CT molecular complexity index is 567. The zero-order valence-electron chi connectivity index (χ0n) is 10.2. The summed E-state index contributed by atoms with van der Waals surface area (Å²) in [6.07, 6.45) is 7.02. The van der Waals surface area contributed by atoms with Crippen molar-refractivity contribution in [2.45, 2.75) is 31.6 Å². The van der Waals surface area contributed by atoms with E-state index in [1.54, 1.807) is 12.1 Å². The molecule has 0 amide bonds. The molecule has 3 rings (SSSR count). The number of hydrogen-bond donors (Lipinski definition) is 1. The van der Waals surface area contributed by atoms with Crippen molar-refractivity contribution in [2.75, 3.05) is 0 Å². The van der Waals surface area contributed by atoms with Crippen molar-refractivity contribution in [1.82, 2.24) is 4.98 Å². The molecule has 0 bridgehead atoms. The van der Waals surface area contributed by atoms with E-state index in [2.05, 4.69) is 4.98 Å². The Morgan fingerprint density at radius 3 is 2.72 bits per heavy atom. The normalized spacial score (nSPS) is 24.3. The van der Waals surface area contributed by atoms with Gasteiger partial charge in [0.15, 0.2) is 0 Å². The Kier molecular flexibility index (Phi) is 2.90. The van der Waals surface area contributed by atoms with Crippen molar-refractivity contribution in [1.29, 1.82) is 0 Å². The quantitative estimate of drug-likeness (QED) is 0.802. The van der Waals surface area contributed by atoms with E-state index in [1.807, 2.05) is 6.20 Å². The second-order valence-corrected chi connectivity index (χ2v) is 5.18. The molecule has 1 N–H and O–H groups in total. The zero-order valence-corrected chi connectivity index (χ0v) is 10.2. The maximum absolute atomic E-state index is 13.3. The molecule has 0 spiro atoms. The van der Waals surface area contributed by atoms with Crippen LogP contribution in [0.25, 0.3) is 10.9 Å². The molecule has 18 heavy (non-hydrogen) atoms. The number of aldehydes is 1. The maximum atomic E-state index is 13.3. The second-order valence-electron chi connectivity index (χ2n) is 5.18. The molecule has 1 aliphatic carbocycles. The minimum Gasteiger partial charge on any atom is -0.361 e. The molecule has 2 nitrogen and oxygen atoms in total. The van der Waals surface area contributed by atoms with E-state index in [-0.39, 0.29) is 11.7 Å². The summed E-state index contributed by atoms with van der Waals surface area (Å²) in [6, 6.07) is 4.87. The highest BCUT2D eigenvalue weighted by molar-refractivity contribution is 5.83. The number of fused-ring (bicyclic) bond motifs is 1. The summed E-state index contributed by atoms with van der Waals surface area (Å²) in [5.41, 5.74) is 2.19. The van der Waals surface area contributed by atoms with Crippen LogP contribution in [0.4, 0.5) is 4.39 Å². The van der Waals surface area contributed by atoms with Crippen LogP contribution in [0.1, 0.15) is 37.2 Å². The van der Waals surface area contributed by atoms with Crippen molar-refractivity contribution in [3.8, 4) is 0 Å². The van der Waals surface area contributed by atoms with Gasteiger partial charge in [-0.15, -0.1) is 0 Å². The lowest BCUT2D eigenvalue weighted by atomic mass is 9.79. The molecular formula is C15H16FNO. The standard InChI is InChI=1S/C15H16FNO/c16-12-5-6-15-13(7-12)14(8-17-15)11-3-1-10(9-18)2-4-11/h5-11,17H,1-4H2. The molecule has 0 radical (unpaired) electrons. The predicted molar refractivity (Wildman–Crippen MR) is 69.0 cm³/mol. The number of H-pyrrole nitrogens is 1. The van der Waals surface area contributed by atoms with Crippen molar-refractivity contribution < 1.29 is 9.18 Å². The van der Waals surface area contributed by atoms with Gasteiger partial charge in [-0.3, -0.25) is 0 Å². The smallest absolute Gasteiger partial charge is 0.123 e. The van der Waals surface area contributed by atoms with Crippen molar-refractivity contribution >= 4 is 17.2 Å². The number of nitrogens with one attached hydrogen (secondary N) is 1. The Morgan fingerprint density at radius 1 is 1.22 bits per heavy atom. The molecule has 1 fully saturated rings. The Labute approximate surface area is 105 Å². The first-order chi connectivity index (χ1) is 8.78. The van der Waals surface area contributed by atoms with Crippen LogP contribution in [0.2, 0.25) is 0 Å².